The largest absolute Gasteiger partial charge is 0.0850 e. The normalized spacial score (nSPS) is 24.4. The van der Waals surface area contributed by atoms with E-state index in [4.69, 9.17) is 0 Å². The van der Waals surface area contributed by atoms with Gasteiger partial charge in [0, 0.05) is 0 Å². The second-order valence-corrected chi connectivity index (χ2v) is 8.63. The van der Waals surface area contributed by atoms with Crippen LogP contribution in [0, 0.1) is 17.8 Å². The number of aryl methyl sites for hydroxylation is 2. The van der Waals surface area contributed by atoms with E-state index in [1.807, 2.05) is 5.57 Å². The lowest BCUT2D eigenvalue weighted by molar-refractivity contribution is 0.480. The number of unbranched alkanes of at least 4 members (excludes halogenated alkanes) is 1. The van der Waals surface area contributed by atoms with Crippen LogP contribution in [0.4, 0.5) is 0 Å². The van der Waals surface area contributed by atoms with Gasteiger partial charge < -0.3 is 0 Å². The maximum atomic E-state index is 2.65. The second-order valence-electron chi connectivity index (χ2n) is 8.63. The molecule has 0 aliphatic heterocycles. The van der Waals surface area contributed by atoms with Gasteiger partial charge in [0.05, 0.1) is 0 Å². The van der Waals surface area contributed by atoms with Crippen molar-refractivity contribution in [2.75, 3.05) is 0 Å². The first-order valence-corrected chi connectivity index (χ1v) is 11.2. The Morgan fingerprint density at radius 2 is 1.30 bits per heavy atom. The summed E-state index contributed by atoms with van der Waals surface area (Å²) in [6, 6.07) is 22.0. The Kier molecular flexibility index (Phi) is 6.45. The zero-order valence-electron chi connectivity index (χ0n) is 16.7. The standard InChI is InChI=1S/C27H34/c1-3-12-22(13-4-1)16-7-8-18-24(27-25-20-9-10-21-26(25)27)19-11-17-23-14-5-2-6-15-23/h1-6,12-15,18,25-27H,7-11,16-17,19-21H2/t25-,26+,27?. The van der Waals surface area contributed by atoms with Crippen LogP contribution in [0.2, 0.25) is 0 Å². The molecule has 0 amide bonds. The van der Waals surface area contributed by atoms with Crippen LogP contribution < -0.4 is 0 Å². The summed E-state index contributed by atoms with van der Waals surface area (Å²) in [5.74, 6) is 3.02. The Morgan fingerprint density at radius 1 is 0.741 bits per heavy atom. The Bertz CT molecular complexity index is 700. The predicted octanol–water partition coefficient (Wildman–Crippen LogP) is 7.39. The van der Waals surface area contributed by atoms with Crippen LogP contribution in [-0.4, -0.2) is 0 Å². The molecule has 2 aliphatic rings. The monoisotopic (exact) mass is 358 g/mol. The molecule has 2 aromatic rings. The van der Waals surface area contributed by atoms with Crippen molar-refractivity contribution in [2.24, 2.45) is 17.8 Å². The maximum absolute atomic E-state index is 2.65. The van der Waals surface area contributed by atoms with Gasteiger partial charge in [-0.1, -0.05) is 85.2 Å². The highest BCUT2D eigenvalue weighted by Gasteiger charge is 2.51. The van der Waals surface area contributed by atoms with E-state index in [0.29, 0.717) is 0 Å². The smallest absolute Gasteiger partial charge is 0.0141 e. The quantitative estimate of drug-likeness (QED) is 0.324. The highest BCUT2D eigenvalue weighted by atomic mass is 14.6. The summed E-state index contributed by atoms with van der Waals surface area (Å²) in [5, 5.41) is 0. The van der Waals surface area contributed by atoms with E-state index >= 15 is 0 Å². The molecule has 2 fully saturated rings. The summed E-state index contributed by atoms with van der Waals surface area (Å²) in [4.78, 5) is 0. The van der Waals surface area contributed by atoms with Crippen molar-refractivity contribution in [1.82, 2.24) is 0 Å². The molecule has 0 N–H and O–H groups in total. The van der Waals surface area contributed by atoms with Crippen LogP contribution in [0.15, 0.2) is 72.3 Å². The van der Waals surface area contributed by atoms with Gasteiger partial charge in [-0.15, -0.1) is 0 Å². The Morgan fingerprint density at radius 3 is 1.89 bits per heavy atom. The zero-order chi connectivity index (χ0) is 18.3. The van der Waals surface area contributed by atoms with Crippen molar-refractivity contribution in [2.45, 2.75) is 64.2 Å². The molecule has 142 valence electrons. The second kappa shape index (κ2) is 9.40. The van der Waals surface area contributed by atoms with Gasteiger partial charge in [0.15, 0.2) is 0 Å². The van der Waals surface area contributed by atoms with Crippen LogP contribution in [0.25, 0.3) is 0 Å². The first-order valence-electron chi connectivity index (χ1n) is 11.2. The van der Waals surface area contributed by atoms with Crippen molar-refractivity contribution in [3.05, 3.63) is 83.4 Å². The van der Waals surface area contributed by atoms with Crippen LogP contribution >= 0.6 is 0 Å². The molecule has 0 aromatic heterocycles. The lowest BCUT2D eigenvalue weighted by Crippen LogP contribution is -1.94. The molecule has 27 heavy (non-hydrogen) atoms. The summed E-state index contributed by atoms with van der Waals surface area (Å²) in [5.41, 5.74) is 4.79. The van der Waals surface area contributed by atoms with Crippen molar-refractivity contribution in [3.63, 3.8) is 0 Å². The van der Waals surface area contributed by atoms with Gasteiger partial charge in [-0.3, -0.25) is 0 Å². The molecule has 4 rings (SSSR count). The molecule has 0 spiro atoms. The Hall–Kier alpha value is -1.82. The molecule has 2 aliphatic carbocycles. The summed E-state index contributed by atoms with van der Waals surface area (Å²) >= 11 is 0. The van der Waals surface area contributed by atoms with E-state index in [1.54, 1.807) is 0 Å². The number of allylic oxidation sites excluding steroid dienone is 2. The van der Waals surface area contributed by atoms with E-state index < -0.39 is 0 Å². The number of hydrogen-bond donors (Lipinski definition) is 0. The van der Waals surface area contributed by atoms with E-state index in [2.05, 4.69) is 66.7 Å². The topological polar surface area (TPSA) is 0 Å². The van der Waals surface area contributed by atoms with E-state index in [0.717, 1.165) is 17.8 Å². The highest BCUT2D eigenvalue weighted by molar-refractivity contribution is 5.22. The SMILES string of the molecule is C(CCCc1ccccc1)=C(CCCc1ccccc1)C1[C@H]2CCCC[C@@H]12. The molecule has 2 saturated carbocycles. The number of benzene rings is 2. The molecular weight excluding hydrogens is 324 g/mol. The third-order valence-electron chi connectivity index (χ3n) is 6.78. The van der Waals surface area contributed by atoms with Crippen LogP contribution in [0.1, 0.15) is 62.5 Å². The molecule has 0 bridgehead atoms. The number of fused-ring (bicyclic) bond motifs is 1. The van der Waals surface area contributed by atoms with Crippen molar-refractivity contribution in [1.29, 1.82) is 0 Å². The molecule has 0 radical (unpaired) electrons. The average Bonchev–Trinajstić information content (AvgIpc) is 3.46. The van der Waals surface area contributed by atoms with Gasteiger partial charge in [-0.25, -0.2) is 0 Å². The third kappa shape index (κ3) is 5.12. The van der Waals surface area contributed by atoms with Crippen LogP contribution in [0.5, 0.6) is 0 Å². The average molecular weight is 359 g/mol. The minimum absolute atomic E-state index is 0.944. The molecule has 0 heterocycles. The van der Waals surface area contributed by atoms with Crippen molar-refractivity contribution < 1.29 is 0 Å². The van der Waals surface area contributed by atoms with Gasteiger partial charge in [-0.05, 0) is 80.2 Å². The maximum Gasteiger partial charge on any atom is -0.0141 e. The first-order chi connectivity index (χ1) is 13.4. The molecular formula is C27H34. The molecule has 0 heteroatoms. The fourth-order valence-electron chi connectivity index (χ4n) is 5.33. The van der Waals surface area contributed by atoms with Gasteiger partial charge in [0.25, 0.3) is 0 Å². The first kappa shape index (κ1) is 18.5. The fourth-order valence-corrected chi connectivity index (χ4v) is 5.33. The van der Waals surface area contributed by atoms with Crippen molar-refractivity contribution >= 4 is 0 Å². The minimum atomic E-state index is 0.944. The van der Waals surface area contributed by atoms with E-state index in [1.165, 1.54) is 75.3 Å². The van der Waals surface area contributed by atoms with E-state index in [-0.39, 0.29) is 0 Å². The Labute approximate surface area is 165 Å². The molecule has 2 aromatic carbocycles. The predicted molar refractivity (Wildman–Crippen MR) is 116 cm³/mol. The van der Waals surface area contributed by atoms with Gasteiger partial charge in [0.1, 0.15) is 0 Å². The van der Waals surface area contributed by atoms with Gasteiger partial charge in [-0.2, -0.15) is 0 Å². The molecule has 0 saturated heterocycles. The zero-order valence-corrected chi connectivity index (χ0v) is 16.7. The summed E-state index contributed by atoms with van der Waals surface area (Å²) < 4.78 is 0. The lowest BCUT2D eigenvalue weighted by atomic mass is 9.97. The highest BCUT2D eigenvalue weighted by Crippen LogP contribution is 2.59. The molecule has 3 atom stereocenters. The summed E-state index contributed by atoms with van der Waals surface area (Å²) in [7, 11) is 0. The number of rotatable bonds is 9. The van der Waals surface area contributed by atoms with E-state index in [9.17, 15) is 0 Å². The van der Waals surface area contributed by atoms with Crippen LogP contribution in [0.3, 0.4) is 0 Å². The van der Waals surface area contributed by atoms with Crippen molar-refractivity contribution in [3.8, 4) is 0 Å². The van der Waals surface area contributed by atoms with Crippen LogP contribution in [-0.2, 0) is 12.8 Å². The van der Waals surface area contributed by atoms with Gasteiger partial charge in [0.2, 0.25) is 0 Å². The number of hydrogen-bond acceptors (Lipinski definition) is 0. The molecule has 1 unspecified atom stereocenters. The fraction of sp³-hybridized carbons (Fsp3) is 0.481. The Balaban J connectivity index is 1.31. The summed E-state index contributed by atoms with van der Waals surface area (Å²) in [6.07, 6.45) is 16.2. The van der Waals surface area contributed by atoms with Gasteiger partial charge >= 0.3 is 0 Å². The minimum Gasteiger partial charge on any atom is -0.0850 e. The molecule has 0 nitrogen and oxygen atoms in total. The summed E-state index contributed by atoms with van der Waals surface area (Å²) in [6.45, 7) is 0. The lowest BCUT2D eigenvalue weighted by Gasteiger charge is -2.09. The third-order valence-corrected chi connectivity index (χ3v) is 6.78.